The Labute approximate surface area is 129 Å². The topological polar surface area (TPSA) is 63.1 Å². The molecule has 2 amide bonds. The molecule has 2 heterocycles. The van der Waals surface area contributed by atoms with Gasteiger partial charge in [-0.3, -0.25) is 0 Å². The number of rotatable bonds is 5. The lowest BCUT2D eigenvalue weighted by Gasteiger charge is -2.13. The van der Waals surface area contributed by atoms with Crippen LogP contribution in [0.1, 0.15) is 11.4 Å². The second-order valence-electron chi connectivity index (χ2n) is 5.10. The second kappa shape index (κ2) is 6.76. The zero-order chi connectivity index (χ0) is 15.4. The molecule has 0 atom stereocenters. The molecule has 0 fully saturated rings. The van der Waals surface area contributed by atoms with E-state index in [2.05, 4.69) is 15.3 Å². The van der Waals surface area contributed by atoms with Crippen molar-refractivity contribution >= 4 is 28.8 Å². The summed E-state index contributed by atoms with van der Waals surface area (Å²) in [5, 5.41) is 2.84. The monoisotopic (exact) mass is 309 g/mol. The molecule has 0 spiro atoms. The average molecular weight is 310 g/mol. The number of aromatic nitrogens is 3. The van der Waals surface area contributed by atoms with E-state index in [4.69, 9.17) is 11.6 Å². The molecular weight excluding hydrogens is 290 g/mol. The number of imidazole rings is 1. The molecule has 0 aliphatic carbocycles. The van der Waals surface area contributed by atoms with Crippen molar-refractivity contribution in [1.29, 1.82) is 0 Å². The van der Waals surface area contributed by atoms with Crippen LogP contribution in [0.2, 0.25) is 0 Å². The zero-order valence-electron chi connectivity index (χ0n) is 12.6. The van der Waals surface area contributed by atoms with Gasteiger partial charge in [0.05, 0.1) is 0 Å². The highest BCUT2D eigenvalue weighted by molar-refractivity contribution is 6.17. The standard InChI is InChI=1S/C14H20ClN5O/c1-10-8-11-13(17-9-10)20(12(18-11)4-5-15)7-6-16-14(21)19(2)3/h8-9H,4-7H2,1-3H3,(H,16,21). The van der Waals surface area contributed by atoms with Gasteiger partial charge in [0.15, 0.2) is 5.65 Å². The third-order valence-corrected chi connectivity index (χ3v) is 3.33. The largest absolute Gasteiger partial charge is 0.336 e. The normalized spacial score (nSPS) is 10.9. The number of aryl methyl sites for hydroxylation is 2. The van der Waals surface area contributed by atoms with Crippen molar-refractivity contribution in [2.24, 2.45) is 0 Å². The fourth-order valence-electron chi connectivity index (χ4n) is 2.10. The molecule has 0 aliphatic rings. The minimum Gasteiger partial charge on any atom is -0.336 e. The minimum atomic E-state index is -0.109. The van der Waals surface area contributed by atoms with Crippen LogP contribution in [0.25, 0.3) is 11.2 Å². The zero-order valence-corrected chi connectivity index (χ0v) is 13.3. The lowest BCUT2D eigenvalue weighted by atomic mass is 10.3. The predicted molar refractivity (Wildman–Crippen MR) is 83.8 cm³/mol. The summed E-state index contributed by atoms with van der Waals surface area (Å²) in [5.41, 5.74) is 2.78. The molecule has 0 bridgehead atoms. The number of halogens is 1. The first-order valence-corrected chi connectivity index (χ1v) is 7.39. The van der Waals surface area contributed by atoms with Gasteiger partial charge in [-0.2, -0.15) is 0 Å². The first-order valence-electron chi connectivity index (χ1n) is 6.86. The van der Waals surface area contributed by atoms with E-state index >= 15 is 0 Å². The van der Waals surface area contributed by atoms with E-state index in [1.165, 1.54) is 4.90 Å². The fourth-order valence-corrected chi connectivity index (χ4v) is 2.27. The number of alkyl halides is 1. The van der Waals surface area contributed by atoms with E-state index < -0.39 is 0 Å². The van der Waals surface area contributed by atoms with Gasteiger partial charge in [-0.05, 0) is 18.6 Å². The first-order chi connectivity index (χ1) is 10.0. The number of hydrogen-bond acceptors (Lipinski definition) is 3. The summed E-state index contributed by atoms with van der Waals surface area (Å²) < 4.78 is 2.02. The smallest absolute Gasteiger partial charge is 0.316 e. The van der Waals surface area contributed by atoms with Crippen molar-refractivity contribution in [3.05, 3.63) is 23.7 Å². The maximum Gasteiger partial charge on any atom is 0.316 e. The van der Waals surface area contributed by atoms with Crippen LogP contribution in [0, 0.1) is 6.92 Å². The molecule has 6 nitrogen and oxygen atoms in total. The Morgan fingerprint density at radius 3 is 2.90 bits per heavy atom. The molecule has 0 saturated heterocycles. The third-order valence-electron chi connectivity index (χ3n) is 3.14. The van der Waals surface area contributed by atoms with Crippen LogP contribution in [-0.4, -0.2) is 52.0 Å². The minimum absolute atomic E-state index is 0.109. The lowest BCUT2D eigenvalue weighted by molar-refractivity contribution is 0.217. The molecule has 2 aromatic rings. The highest BCUT2D eigenvalue weighted by Crippen LogP contribution is 2.15. The van der Waals surface area contributed by atoms with Crippen molar-refractivity contribution in [3.8, 4) is 0 Å². The number of nitrogens with zero attached hydrogens (tertiary/aromatic N) is 4. The average Bonchev–Trinajstić information content (AvgIpc) is 2.76. The molecule has 2 aromatic heterocycles. The van der Waals surface area contributed by atoms with E-state index in [1.807, 2.05) is 23.8 Å². The SMILES string of the molecule is Cc1cnc2c(c1)nc(CCCl)n2CCNC(=O)N(C)C. The van der Waals surface area contributed by atoms with E-state index in [0.717, 1.165) is 22.6 Å². The van der Waals surface area contributed by atoms with Gasteiger partial charge >= 0.3 is 6.03 Å². The van der Waals surface area contributed by atoms with E-state index in [9.17, 15) is 4.79 Å². The van der Waals surface area contributed by atoms with Crippen LogP contribution in [0.5, 0.6) is 0 Å². The van der Waals surface area contributed by atoms with Crippen LogP contribution >= 0.6 is 11.6 Å². The number of pyridine rings is 1. The quantitative estimate of drug-likeness (QED) is 0.857. The van der Waals surface area contributed by atoms with Crippen LogP contribution in [0.15, 0.2) is 12.3 Å². The number of carbonyl (C=O) groups excluding carboxylic acids is 1. The summed E-state index contributed by atoms with van der Waals surface area (Å²) in [6.45, 7) is 3.13. The van der Waals surface area contributed by atoms with Gasteiger partial charge in [-0.25, -0.2) is 14.8 Å². The van der Waals surface area contributed by atoms with Crippen LogP contribution < -0.4 is 5.32 Å². The van der Waals surface area contributed by atoms with Crippen molar-refractivity contribution < 1.29 is 4.79 Å². The molecule has 0 aliphatic heterocycles. The molecule has 21 heavy (non-hydrogen) atoms. The molecule has 7 heteroatoms. The van der Waals surface area contributed by atoms with Gasteiger partial charge in [0.2, 0.25) is 0 Å². The van der Waals surface area contributed by atoms with Crippen molar-refractivity contribution in [3.63, 3.8) is 0 Å². The van der Waals surface area contributed by atoms with Gasteiger partial charge in [0.25, 0.3) is 0 Å². The van der Waals surface area contributed by atoms with Crippen molar-refractivity contribution in [2.75, 3.05) is 26.5 Å². The fraction of sp³-hybridized carbons (Fsp3) is 0.500. The number of fused-ring (bicyclic) bond motifs is 1. The Bertz CT molecular complexity index is 638. The Kier molecular flexibility index (Phi) is 5.01. The maximum atomic E-state index is 11.5. The summed E-state index contributed by atoms with van der Waals surface area (Å²) in [4.78, 5) is 22.1. The van der Waals surface area contributed by atoms with Crippen molar-refractivity contribution in [2.45, 2.75) is 19.9 Å². The molecule has 0 saturated carbocycles. The van der Waals surface area contributed by atoms with E-state index in [0.29, 0.717) is 25.4 Å². The molecule has 2 rings (SSSR count). The van der Waals surface area contributed by atoms with Gasteiger partial charge in [-0.15, -0.1) is 11.6 Å². The Balaban J connectivity index is 2.20. The Morgan fingerprint density at radius 2 is 2.24 bits per heavy atom. The number of hydrogen-bond donors (Lipinski definition) is 1. The highest BCUT2D eigenvalue weighted by atomic mass is 35.5. The molecule has 114 valence electrons. The molecule has 0 aromatic carbocycles. The first kappa shape index (κ1) is 15.6. The van der Waals surface area contributed by atoms with Crippen LogP contribution in [0.4, 0.5) is 4.79 Å². The van der Waals surface area contributed by atoms with Crippen molar-refractivity contribution in [1.82, 2.24) is 24.8 Å². The predicted octanol–water partition coefficient (Wildman–Crippen LogP) is 1.79. The maximum absolute atomic E-state index is 11.5. The number of carbonyl (C=O) groups is 1. The van der Waals surface area contributed by atoms with Gasteiger partial charge in [0.1, 0.15) is 11.3 Å². The van der Waals surface area contributed by atoms with Gasteiger partial charge < -0.3 is 14.8 Å². The Morgan fingerprint density at radius 1 is 1.48 bits per heavy atom. The molecule has 0 radical (unpaired) electrons. The number of amides is 2. The second-order valence-corrected chi connectivity index (χ2v) is 5.48. The van der Waals surface area contributed by atoms with Crippen LogP contribution in [0.3, 0.4) is 0 Å². The summed E-state index contributed by atoms with van der Waals surface area (Å²) >= 11 is 5.84. The van der Waals surface area contributed by atoms with Gasteiger partial charge in [-0.1, -0.05) is 0 Å². The third kappa shape index (κ3) is 3.64. The van der Waals surface area contributed by atoms with E-state index in [-0.39, 0.29) is 6.03 Å². The molecular formula is C14H20ClN5O. The molecule has 1 N–H and O–H groups in total. The lowest BCUT2D eigenvalue weighted by Crippen LogP contribution is -2.36. The summed E-state index contributed by atoms with van der Waals surface area (Å²) in [5.74, 6) is 1.41. The number of nitrogens with one attached hydrogen (secondary N) is 1. The highest BCUT2D eigenvalue weighted by Gasteiger charge is 2.12. The summed E-state index contributed by atoms with van der Waals surface area (Å²) in [7, 11) is 3.43. The summed E-state index contributed by atoms with van der Waals surface area (Å²) in [6, 6.07) is 1.90. The Hall–Kier alpha value is -1.82. The van der Waals surface area contributed by atoms with Crippen LogP contribution in [-0.2, 0) is 13.0 Å². The number of urea groups is 1. The molecule has 0 unspecified atom stereocenters. The summed E-state index contributed by atoms with van der Waals surface area (Å²) in [6.07, 6.45) is 2.50. The van der Waals surface area contributed by atoms with Gasteiger partial charge in [0, 0.05) is 45.7 Å². The van der Waals surface area contributed by atoms with E-state index in [1.54, 1.807) is 14.1 Å².